The fourth-order valence-corrected chi connectivity index (χ4v) is 3.13. The van der Waals surface area contributed by atoms with Gasteiger partial charge in [0.25, 0.3) is 0 Å². The van der Waals surface area contributed by atoms with Gasteiger partial charge in [-0.25, -0.2) is 9.97 Å². The molecule has 4 nitrogen and oxygen atoms in total. The summed E-state index contributed by atoms with van der Waals surface area (Å²) < 4.78 is 5.70. The molecule has 1 saturated carbocycles. The molecule has 1 fully saturated rings. The average Bonchev–Trinajstić information content (AvgIpc) is 2.83. The Hall–Kier alpha value is -1.20. The van der Waals surface area contributed by atoms with Gasteiger partial charge in [-0.05, 0) is 23.8 Å². The van der Waals surface area contributed by atoms with Crippen molar-refractivity contribution in [3.8, 4) is 0 Å². The van der Waals surface area contributed by atoms with Gasteiger partial charge in [-0.2, -0.15) is 0 Å². The smallest absolute Gasteiger partial charge is 0.158 e. The highest BCUT2D eigenvalue weighted by atomic mass is 32.1. The molecule has 0 aromatic carbocycles. The van der Waals surface area contributed by atoms with Crippen LogP contribution in [0, 0.1) is 5.92 Å². The zero-order valence-corrected chi connectivity index (χ0v) is 12.0. The minimum Gasteiger partial charge on any atom is -0.373 e. The molecule has 2 aromatic rings. The standard InChI is InChI=1S/C14H19N3OS/c1-15-13-11-6-8-19-14(11)17-12(16-13)9-18-7-5-10-3-2-4-10/h6,8,10H,2-5,7,9H2,1H3,(H,15,16,17). The third-order valence-electron chi connectivity index (χ3n) is 3.73. The van der Waals surface area contributed by atoms with E-state index in [0.29, 0.717) is 6.61 Å². The molecule has 0 spiro atoms. The van der Waals surface area contributed by atoms with Gasteiger partial charge in [0, 0.05) is 13.7 Å². The lowest BCUT2D eigenvalue weighted by Crippen LogP contribution is -2.13. The van der Waals surface area contributed by atoms with Crippen LogP contribution in [0.4, 0.5) is 5.82 Å². The molecule has 0 saturated heterocycles. The number of rotatable bonds is 6. The average molecular weight is 277 g/mol. The van der Waals surface area contributed by atoms with Crippen molar-refractivity contribution < 1.29 is 4.74 Å². The number of aromatic nitrogens is 2. The SMILES string of the molecule is CNc1nc(COCCC2CCC2)nc2sccc12. The van der Waals surface area contributed by atoms with E-state index in [1.54, 1.807) is 11.3 Å². The lowest BCUT2D eigenvalue weighted by molar-refractivity contribution is 0.0909. The first-order chi connectivity index (χ1) is 9.36. The molecule has 2 heterocycles. The molecular formula is C14H19N3OS. The number of hydrogen-bond acceptors (Lipinski definition) is 5. The Labute approximate surface area is 117 Å². The Morgan fingerprint density at radius 2 is 2.32 bits per heavy atom. The molecule has 102 valence electrons. The second-order valence-corrected chi connectivity index (χ2v) is 5.91. The molecule has 0 amide bonds. The van der Waals surface area contributed by atoms with E-state index in [1.165, 1.54) is 25.7 Å². The molecule has 1 N–H and O–H groups in total. The molecule has 2 aromatic heterocycles. The molecule has 5 heteroatoms. The second-order valence-electron chi connectivity index (χ2n) is 5.02. The van der Waals surface area contributed by atoms with Gasteiger partial charge >= 0.3 is 0 Å². The van der Waals surface area contributed by atoms with Crippen LogP contribution in [-0.4, -0.2) is 23.6 Å². The Bertz CT molecular complexity index is 551. The number of anilines is 1. The van der Waals surface area contributed by atoms with E-state index < -0.39 is 0 Å². The molecule has 0 atom stereocenters. The zero-order valence-electron chi connectivity index (χ0n) is 11.2. The molecule has 3 rings (SSSR count). The highest BCUT2D eigenvalue weighted by Gasteiger charge is 2.16. The summed E-state index contributed by atoms with van der Waals surface area (Å²) in [6.07, 6.45) is 5.34. The van der Waals surface area contributed by atoms with Crippen LogP contribution in [-0.2, 0) is 11.3 Å². The summed E-state index contributed by atoms with van der Waals surface area (Å²) in [5.41, 5.74) is 0. The predicted octanol–water partition coefficient (Wildman–Crippen LogP) is 3.44. The van der Waals surface area contributed by atoms with Crippen LogP contribution in [0.3, 0.4) is 0 Å². The van der Waals surface area contributed by atoms with Crippen molar-refractivity contribution in [1.82, 2.24) is 9.97 Å². The molecule has 0 radical (unpaired) electrons. The quantitative estimate of drug-likeness (QED) is 0.822. The molecule has 0 bridgehead atoms. The van der Waals surface area contributed by atoms with Crippen LogP contribution in [0.2, 0.25) is 0 Å². The van der Waals surface area contributed by atoms with Crippen LogP contribution < -0.4 is 5.32 Å². The number of fused-ring (bicyclic) bond motifs is 1. The van der Waals surface area contributed by atoms with E-state index in [-0.39, 0.29) is 0 Å². The normalized spacial score (nSPS) is 15.6. The minimum atomic E-state index is 0.509. The van der Waals surface area contributed by atoms with E-state index in [4.69, 9.17) is 4.74 Å². The summed E-state index contributed by atoms with van der Waals surface area (Å²) in [6.45, 7) is 1.33. The van der Waals surface area contributed by atoms with Crippen molar-refractivity contribution in [2.45, 2.75) is 32.3 Å². The first-order valence-corrected chi connectivity index (χ1v) is 7.74. The maximum absolute atomic E-state index is 5.70. The second kappa shape index (κ2) is 5.84. The first kappa shape index (κ1) is 12.8. The Kier molecular flexibility index (Phi) is 3.94. The summed E-state index contributed by atoms with van der Waals surface area (Å²) in [7, 11) is 1.89. The van der Waals surface area contributed by atoms with Gasteiger partial charge in [-0.3, -0.25) is 0 Å². The first-order valence-electron chi connectivity index (χ1n) is 6.86. The fourth-order valence-electron chi connectivity index (χ4n) is 2.35. The van der Waals surface area contributed by atoms with Crippen molar-refractivity contribution in [1.29, 1.82) is 0 Å². The van der Waals surface area contributed by atoms with Gasteiger partial charge in [-0.15, -0.1) is 11.3 Å². The number of nitrogens with zero attached hydrogens (tertiary/aromatic N) is 2. The van der Waals surface area contributed by atoms with Gasteiger partial charge in [0.15, 0.2) is 5.82 Å². The number of thiophene rings is 1. The lowest BCUT2D eigenvalue weighted by atomic mass is 9.83. The maximum atomic E-state index is 5.70. The zero-order chi connectivity index (χ0) is 13.1. The number of nitrogens with one attached hydrogen (secondary N) is 1. The van der Waals surface area contributed by atoms with Crippen LogP contribution in [0.15, 0.2) is 11.4 Å². The van der Waals surface area contributed by atoms with E-state index >= 15 is 0 Å². The summed E-state index contributed by atoms with van der Waals surface area (Å²) in [5, 5.41) is 6.26. The Morgan fingerprint density at radius 1 is 1.42 bits per heavy atom. The van der Waals surface area contributed by atoms with Crippen molar-refractivity contribution >= 4 is 27.4 Å². The topological polar surface area (TPSA) is 47.0 Å². The Balaban J connectivity index is 1.60. The molecule has 0 aliphatic heterocycles. The lowest BCUT2D eigenvalue weighted by Gasteiger charge is -2.24. The van der Waals surface area contributed by atoms with E-state index in [0.717, 1.165) is 34.4 Å². The Morgan fingerprint density at radius 3 is 3.05 bits per heavy atom. The molecule has 1 aliphatic carbocycles. The van der Waals surface area contributed by atoms with Crippen molar-refractivity contribution in [2.24, 2.45) is 5.92 Å². The highest BCUT2D eigenvalue weighted by Crippen LogP contribution is 2.29. The molecule has 19 heavy (non-hydrogen) atoms. The summed E-state index contributed by atoms with van der Waals surface area (Å²) >= 11 is 1.64. The largest absolute Gasteiger partial charge is 0.373 e. The number of ether oxygens (including phenoxy) is 1. The van der Waals surface area contributed by atoms with Crippen molar-refractivity contribution in [2.75, 3.05) is 19.0 Å². The van der Waals surface area contributed by atoms with Gasteiger partial charge in [0.05, 0.1) is 5.39 Å². The molecule has 1 aliphatic rings. The van der Waals surface area contributed by atoms with Gasteiger partial charge in [0.1, 0.15) is 17.3 Å². The predicted molar refractivity (Wildman–Crippen MR) is 78.6 cm³/mol. The fraction of sp³-hybridized carbons (Fsp3) is 0.571. The van der Waals surface area contributed by atoms with E-state index in [1.807, 2.05) is 18.5 Å². The van der Waals surface area contributed by atoms with Crippen molar-refractivity contribution in [3.63, 3.8) is 0 Å². The third-order valence-corrected chi connectivity index (χ3v) is 4.54. The van der Waals surface area contributed by atoms with Gasteiger partial charge in [0.2, 0.25) is 0 Å². The maximum Gasteiger partial charge on any atom is 0.158 e. The van der Waals surface area contributed by atoms with Crippen molar-refractivity contribution in [3.05, 3.63) is 17.3 Å². The summed E-state index contributed by atoms with van der Waals surface area (Å²) in [4.78, 5) is 10.1. The monoisotopic (exact) mass is 277 g/mol. The van der Waals surface area contributed by atoms with Crippen LogP contribution in [0.1, 0.15) is 31.5 Å². The molecular weight excluding hydrogens is 258 g/mol. The number of hydrogen-bond donors (Lipinski definition) is 1. The van der Waals surface area contributed by atoms with Crippen LogP contribution in [0.25, 0.3) is 10.2 Å². The van der Waals surface area contributed by atoms with E-state index in [2.05, 4.69) is 15.3 Å². The highest BCUT2D eigenvalue weighted by molar-refractivity contribution is 7.16. The van der Waals surface area contributed by atoms with E-state index in [9.17, 15) is 0 Å². The van der Waals surface area contributed by atoms with Crippen LogP contribution >= 0.6 is 11.3 Å². The third kappa shape index (κ3) is 2.87. The van der Waals surface area contributed by atoms with Gasteiger partial charge in [-0.1, -0.05) is 19.3 Å². The molecule has 0 unspecified atom stereocenters. The van der Waals surface area contributed by atoms with Crippen LogP contribution in [0.5, 0.6) is 0 Å². The summed E-state index contributed by atoms with van der Waals surface area (Å²) in [6, 6.07) is 2.05. The summed E-state index contributed by atoms with van der Waals surface area (Å²) in [5.74, 6) is 2.56. The van der Waals surface area contributed by atoms with Gasteiger partial charge < -0.3 is 10.1 Å². The minimum absolute atomic E-state index is 0.509.